The number of hydrogen-bond acceptors (Lipinski definition) is 2. The van der Waals surface area contributed by atoms with Crippen molar-refractivity contribution in [3.8, 4) is 0 Å². The molecule has 0 heterocycles. The average molecular weight is 258 g/mol. The van der Waals surface area contributed by atoms with Crippen molar-refractivity contribution >= 4 is 11.6 Å². The molecular formula is C16H22N2O. The lowest BCUT2D eigenvalue weighted by Crippen LogP contribution is -2.40. The molecule has 0 N–H and O–H groups in total. The molecule has 19 heavy (non-hydrogen) atoms. The SMILES string of the molecule is C=CCN(CC=C)CC(=O)N(CC)c1ccccc1. The first kappa shape index (κ1) is 15.2. The molecule has 1 amide bonds. The van der Waals surface area contributed by atoms with Gasteiger partial charge in [0, 0.05) is 25.3 Å². The summed E-state index contributed by atoms with van der Waals surface area (Å²) in [6.45, 7) is 11.8. The number of carbonyl (C=O) groups is 1. The monoisotopic (exact) mass is 258 g/mol. The highest BCUT2D eigenvalue weighted by Gasteiger charge is 2.16. The van der Waals surface area contributed by atoms with Crippen LogP contribution in [0.4, 0.5) is 5.69 Å². The molecule has 3 heteroatoms. The zero-order valence-corrected chi connectivity index (χ0v) is 11.6. The van der Waals surface area contributed by atoms with E-state index in [2.05, 4.69) is 13.2 Å². The summed E-state index contributed by atoms with van der Waals surface area (Å²) >= 11 is 0. The van der Waals surface area contributed by atoms with Crippen LogP contribution in [0.25, 0.3) is 0 Å². The van der Waals surface area contributed by atoms with Gasteiger partial charge in [-0.3, -0.25) is 9.69 Å². The van der Waals surface area contributed by atoms with Crippen molar-refractivity contribution in [2.24, 2.45) is 0 Å². The number of para-hydroxylation sites is 1. The fourth-order valence-electron chi connectivity index (χ4n) is 1.96. The summed E-state index contributed by atoms with van der Waals surface area (Å²) in [6.07, 6.45) is 3.60. The van der Waals surface area contributed by atoms with E-state index in [0.717, 1.165) is 5.69 Å². The molecule has 0 saturated carbocycles. The maximum atomic E-state index is 12.4. The molecule has 1 aromatic rings. The topological polar surface area (TPSA) is 23.6 Å². The molecule has 0 spiro atoms. The summed E-state index contributed by atoms with van der Waals surface area (Å²) in [5.74, 6) is 0.0948. The van der Waals surface area contributed by atoms with E-state index in [9.17, 15) is 4.79 Å². The molecule has 1 aromatic carbocycles. The first-order valence-corrected chi connectivity index (χ1v) is 6.52. The van der Waals surface area contributed by atoms with E-state index in [1.54, 1.807) is 17.1 Å². The van der Waals surface area contributed by atoms with Gasteiger partial charge >= 0.3 is 0 Å². The summed E-state index contributed by atoms with van der Waals surface area (Å²) in [4.78, 5) is 16.1. The molecule has 0 aliphatic heterocycles. The predicted molar refractivity (Wildman–Crippen MR) is 81.3 cm³/mol. The van der Waals surface area contributed by atoms with Crippen LogP contribution in [-0.2, 0) is 4.79 Å². The van der Waals surface area contributed by atoms with Crippen LogP contribution in [0, 0.1) is 0 Å². The molecule has 0 radical (unpaired) electrons. The normalized spacial score (nSPS) is 10.2. The highest BCUT2D eigenvalue weighted by atomic mass is 16.2. The Morgan fingerprint density at radius 1 is 1.16 bits per heavy atom. The van der Waals surface area contributed by atoms with Gasteiger partial charge in [-0.2, -0.15) is 0 Å². The molecule has 0 aromatic heterocycles. The molecule has 0 atom stereocenters. The maximum absolute atomic E-state index is 12.4. The van der Waals surface area contributed by atoms with Gasteiger partial charge in [-0.05, 0) is 19.1 Å². The summed E-state index contributed by atoms with van der Waals surface area (Å²) in [5.41, 5.74) is 0.937. The second-order valence-electron chi connectivity index (χ2n) is 4.24. The maximum Gasteiger partial charge on any atom is 0.241 e. The zero-order valence-electron chi connectivity index (χ0n) is 11.6. The highest BCUT2D eigenvalue weighted by molar-refractivity contribution is 5.94. The Balaban J connectivity index is 2.73. The van der Waals surface area contributed by atoms with E-state index in [4.69, 9.17) is 0 Å². The summed E-state index contributed by atoms with van der Waals surface area (Å²) < 4.78 is 0. The Morgan fingerprint density at radius 2 is 1.74 bits per heavy atom. The first-order chi connectivity index (χ1) is 9.22. The van der Waals surface area contributed by atoms with Crippen LogP contribution in [-0.4, -0.2) is 37.0 Å². The lowest BCUT2D eigenvalue weighted by molar-refractivity contribution is -0.119. The van der Waals surface area contributed by atoms with Crippen molar-refractivity contribution in [3.05, 3.63) is 55.6 Å². The van der Waals surface area contributed by atoms with Gasteiger partial charge in [0.05, 0.1) is 6.54 Å². The number of likely N-dealkylation sites (N-methyl/N-ethyl adjacent to an activating group) is 1. The highest BCUT2D eigenvalue weighted by Crippen LogP contribution is 2.13. The van der Waals surface area contributed by atoms with E-state index in [-0.39, 0.29) is 5.91 Å². The molecule has 0 saturated heterocycles. The molecule has 0 unspecified atom stereocenters. The van der Waals surface area contributed by atoms with E-state index < -0.39 is 0 Å². The number of anilines is 1. The number of amides is 1. The van der Waals surface area contributed by atoms with Gasteiger partial charge in [-0.25, -0.2) is 0 Å². The van der Waals surface area contributed by atoms with Crippen molar-refractivity contribution in [1.82, 2.24) is 4.90 Å². The molecule has 0 fully saturated rings. The number of benzene rings is 1. The quantitative estimate of drug-likeness (QED) is 0.669. The van der Waals surface area contributed by atoms with E-state index in [1.165, 1.54) is 0 Å². The molecule has 102 valence electrons. The van der Waals surface area contributed by atoms with Crippen LogP contribution < -0.4 is 4.90 Å². The van der Waals surface area contributed by atoms with Crippen LogP contribution >= 0.6 is 0 Å². The van der Waals surface area contributed by atoms with Crippen LogP contribution in [0.1, 0.15) is 6.92 Å². The standard InChI is InChI=1S/C16H22N2O/c1-4-12-17(13-5-2)14-16(19)18(6-3)15-10-8-7-9-11-15/h4-5,7-11H,1-2,6,12-14H2,3H3. The fraction of sp³-hybridized carbons (Fsp3) is 0.312. The number of carbonyl (C=O) groups excluding carboxylic acids is 1. The van der Waals surface area contributed by atoms with Crippen LogP contribution in [0.3, 0.4) is 0 Å². The van der Waals surface area contributed by atoms with Crippen LogP contribution in [0.15, 0.2) is 55.6 Å². The third-order valence-electron chi connectivity index (χ3n) is 2.82. The van der Waals surface area contributed by atoms with Gasteiger partial charge in [0.2, 0.25) is 5.91 Å². The third-order valence-corrected chi connectivity index (χ3v) is 2.82. The van der Waals surface area contributed by atoms with Gasteiger partial charge in [-0.1, -0.05) is 30.4 Å². The minimum atomic E-state index is 0.0948. The van der Waals surface area contributed by atoms with Gasteiger partial charge in [-0.15, -0.1) is 13.2 Å². The van der Waals surface area contributed by atoms with Gasteiger partial charge in [0.25, 0.3) is 0 Å². The Labute approximate surface area is 115 Å². The average Bonchev–Trinajstić information content (AvgIpc) is 2.41. The molecular weight excluding hydrogens is 236 g/mol. The Kier molecular flexibility index (Phi) is 6.61. The largest absolute Gasteiger partial charge is 0.312 e. The Bertz CT molecular complexity index is 404. The smallest absolute Gasteiger partial charge is 0.241 e. The van der Waals surface area contributed by atoms with Gasteiger partial charge < -0.3 is 4.90 Å². The minimum Gasteiger partial charge on any atom is -0.312 e. The molecule has 0 aliphatic rings. The minimum absolute atomic E-state index is 0.0948. The second kappa shape index (κ2) is 8.27. The summed E-state index contributed by atoms with van der Waals surface area (Å²) in [5, 5.41) is 0. The summed E-state index contributed by atoms with van der Waals surface area (Å²) in [7, 11) is 0. The fourth-order valence-corrected chi connectivity index (χ4v) is 1.96. The molecule has 0 aliphatic carbocycles. The van der Waals surface area contributed by atoms with Crippen molar-refractivity contribution in [2.45, 2.75) is 6.92 Å². The number of rotatable bonds is 8. The van der Waals surface area contributed by atoms with Crippen molar-refractivity contribution < 1.29 is 4.79 Å². The lowest BCUT2D eigenvalue weighted by Gasteiger charge is -2.25. The zero-order chi connectivity index (χ0) is 14.1. The van der Waals surface area contributed by atoms with E-state index in [0.29, 0.717) is 26.2 Å². The van der Waals surface area contributed by atoms with Gasteiger partial charge in [0.15, 0.2) is 0 Å². The van der Waals surface area contributed by atoms with Crippen molar-refractivity contribution in [2.75, 3.05) is 31.1 Å². The third kappa shape index (κ3) is 4.72. The molecule has 1 rings (SSSR count). The summed E-state index contributed by atoms with van der Waals surface area (Å²) in [6, 6.07) is 9.73. The molecule has 3 nitrogen and oxygen atoms in total. The van der Waals surface area contributed by atoms with Gasteiger partial charge in [0.1, 0.15) is 0 Å². The Morgan fingerprint density at radius 3 is 2.21 bits per heavy atom. The Hall–Kier alpha value is -1.87. The van der Waals surface area contributed by atoms with E-state index >= 15 is 0 Å². The molecule has 0 bridgehead atoms. The van der Waals surface area contributed by atoms with E-state index in [1.807, 2.05) is 42.2 Å². The predicted octanol–water partition coefficient (Wildman–Crippen LogP) is 2.71. The van der Waals surface area contributed by atoms with Crippen molar-refractivity contribution in [3.63, 3.8) is 0 Å². The van der Waals surface area contributed by atoms with Crippen LogP contribution in [0.2, 0.25) is 0 Å². The van der Waals surface area contributed by atoms with Crippen molar-refractivity contribution in [1.29, 1.82) is 0 Å². The van der Waals surface area contributed by atoms with Crippen LogP contribution in [0.5, 0.6) is 0 Å². The number of hydrogen-bond donors (Lipinski definition) is 0. The second-order valence-corrected chi connectivity index (χ2v) is 4.24. The first-order valence-electron chi connectivity index (χ1n) is 6.52. The number of nitrogens with zero attached hydrogens (tertiary/aromatic N) is 2. The lowest BCUT2D eigenvalue weighted by atomic mass is 10.2.